The third kappa shape index (κ3) is 3.60. The zero-order valence-electron chi connectivity index (χ0n) is 15.1. The molecule has 3 rings (SSSR count). The highest BCUT2D eigenvalue weighted by Crippen LogP contribution is 2.22. The van der Waals surface area contributed by atoms with Crippen molar-refractivity contribution >= 4 is 33.4 Å². The Kier molecular flexibility index (Phi) is 5.03. The fourth-order valence-corrected chi connectivity index (χ4v) is 3.68. The number of aryl methyl sites for hydroxylation is 3. The SMILES string of the molecule is CCOC(=O)Cn1c(=NC(=O)c2ccn(C)n2)sc2cc(C)c(C)cc21. The Hall–Kier alpha value is -2.74. The molecule has 3 aromatic rings. The molecule has 0 saturated carbocycles. The van der Waals surface area contributed by atoms with Crippen LogP contribution in [0.1, 0.15) is 28.5 Å². The third-order valence-electron chi connectivity index (χ3n) is 4.02. The molecule has 136 valence electrons. The molecule has 26 heavy (non-hydrogen) atoms. The number of benzene rings is 1. The van der Waals surface area contributed by atoms with Crippen LogP contribution in [-0.2, 0) is 23.1 Å². The van der Waals surface area contributed by atoms with E-state index in [4.69, 9.17) is 4.74 Å². The summed E-state index contributed by atoms with van der Waals surface area (Å²) in [6.45, 7) is 6.11. The van der Waals surface area contributed by atoms with Crippen molar-refractivity contribution < 1.29 is 14.3 Å². The van der Waals surface area contributed by atoms with Gasteiger partial charge in [-0.1, -0.05) is 11.3 Å². The van der Waals surface area contributed by atoms with Gasteiger partial charge < -0.3 is 9.30 Å². The minimum Gasteiger partial charge on any atom is -0.465 e. The van der Waals surface area contributed by atoms with Crippen LogP contribution in [0, 0.1) is 13.8 Å². The lowest BCUT2D eigenvalue weighted by Gasteiger charge is -2.06. The van der Waals surface area contributed by atoms with Gasteiger partial charge in [0.2, 0.25) is 0 Å². The van der Waals surface area contributed by atoms with E-state index in [1.165, 1.54) is 11.3 Å². The Bertz CT molecular complexity index is 1060. The number of aromatic nitrogens is 3. The van der Waals surface area contributed by atoms with E-state index >= 15 is 0 Å². The average Bonchev–Trinajstić information content (AvgIpc) is 3.14. The van der Waals surface area contributed by atoms with Gasteiger partial charge in [-0.25, -0.2) is 0 Å². The summed E-state index contributed by atoms with van der Waals surface area (Å²) in [6, 6.07) is 5.66. The zero-order valence-corrected chi connectivity index (χ0v) is 16.0. The molecule has 0 bridgehead atoms. The van der Waals surface area contributed by atoms with Gasteiger partial charge in [-0.15, -0.1) is 0 Å². The van der Waals surface area contributed by atoms with Crippen molar-refractivity contribution in [1.82, 2.24) is 14.3 Å². The predicted octanol–water partition coefficient (Wildman–Crippen LogP) is 2.36. The van der Waals surface area contributed by atoms with Crippen molar-refractivity contribution in [2.75, 3.05) is 6.61 Å². The van der Waals surface area contributed by atoms with Gasteiger partial charge in [-0.05, 0) is 50.1 Å². The van der Waals surface area contributed by atoms with Crippen LogP contribution >= 0.6 is 11.3 Å². The number of rotatable bonds is 4. The molecule has 0 unspecified atom stereocenters. The number of carbonyl (C=O) groups is 2. The van der Waals surface area contributed by atoms with Crippen molar-refractivity contribution in [2.45, 2.75) is 27.3 Å². The zero-order chi connectivity index (χ0) is 18.8. The van der Waals surface area contributed by atoms with Crippen LogP contribution in [0.5, 0.6) is 0 Å². The van der Waals surface area contributed by atoms with E-state index in [1.54, 1.807) is 35.5 Å². The molecule has 0 spiro atoms. The minimum atomic E-state index is -0.441. The molecule has 0 aliphatic heterocycles. The molecular weight excluding hydrogens is 352 g/mol. The van der Waals surface area contributed by atoms with Gasteiger partial charge in [-0.2, -0.15) is 10.1 Å². The Labute approximate surface area is 154 Å². The molecule has 0 saturated heterocycles. The van der Waals surface area contributed by atoms with E-state index < -0.39 is 5.91 Å². The van der Waals surface area contributed by atoms with Crippen molar-refractivity contribution in [1.29, 1.82) is 0 Å². The van der Waals surface area contributed by atoms with Crippen LogP contribution in [0.2, 0.25) is 0 Å². The van der Waals surface area contributed by atoms with Crippen LogP contribution in [0.25, 0.3) is 10.2 Å². The third-order valence-corrected chi connectivity index (χ3v) is 5.06. The highest BCUT2D eigenvalue weighted by atomic mass is 32.1. The van der Waals surface area contributed by atoms with Gasteiger partial charge in [0.1, 0.15) is 6.54 Å². The number of thiazole rings is 1. The molecule has 0 aliphatic rings. The van der Waals surface area contributed by atoms with Gasteiger partial charge >= 0.3 is 5.97 Å². The molecular formula is C18H20N4O3S. The molecule has 0 aliphatic carbocycles. The van der Waals surface area contributed by atoms with E-state index in [1.807, 2.05) is 26.0 Å². The van der Waals surface area contributed by atoms with Gasteiger partial charge in [0.05, 0.1) is 16.8 Å². The Morgan fingerprint density at radius 3 is 2.65 bits per heavy atom. The fourth-order valence-electron chi connectivity index (χ4n) is 2.57. The quantitative estimate of drug-likeness (QED) is 0.659. The molecule has 2 heterocycles. The molecule has 8 heteroatoms. The van der Waals surface area contributed by atoms with Crippen LogP contribution in [0.4, 0.5) is 0 Å². The molecule has 7 nitrogen and oxygen atoms in total. The van der Waals surface area contributed by atoms with Gasteiger partial charge in [0.25, 0.3) is 5.91 Å². The molecule has 0 fully saturated rings. The monoisotopic (exact) mass is 372 g/mol. The molecule has 1 aromatic carbocycles. The summed E-state index contributed by atoms with van der Waals surface area (Å²) in [7, 11) is 1.74. The largest absolute Gasteiger partial charge is 0.465 e. The van der Waals surface area contributed by atoms with Crippen molar-refractivity contribution in [3.63, 3.8) is 0 Å². The number of carbonyl (C=O) groups excluding carboxylic acids is 2. The average molecular weight is 372 g/mol. The lowest BCUT2D eigenvalue weighted by atomic mass is 10.1. The number of esters is 1. The summed E-state index contributed by atoms with van der Waals surface area (Å²) in [4.78, 5) is 29.1. The summed E-state index contributed by atoms with van der Waals surface area (Å²) in [5.41, 5.74) is 3.37. The smallest absolute Gasteiger partial charge is 0.326 e. The standard InChI is InChI=1S/C18H20N4O3S/c1-5-25-16(23)10-22-14-8-11(2)12(3)9-15(14)26-18(22)19-17(24)13-6-7-21(4)20-13/h6-9H,5,10H2,1-4H3. The molecule has 0 N–H and O–H groups in total. The second kappa shape index (κ2) is 7.25. The maximum atomic E-state index is 12.4. The predicted molar refractivity (Wildman–Crippen MR) is 99.0 cm³/mol. The Morgan fingerprint density at radius 2 is 2.00 bits per heavy atom. The first kappa shape index (κ1) is 18.1. The van der Waals surface area contributed by atoms with E-state index in [2.05, 4.69) is 10.1 Å². The first-order valence-electron chi connectivity index (χ1n) is 8.24. The molecule has 1 amide bonds. The fraction of sp³-hybridized carbons (Fsp3) is 0.333. The van der Waals surface area contributed by atoms with E-state index in [9.17, 15) is 9.59 Å². The molecule has 0 radical (unpaired) electrons. The number of hydrogen-bond donors (Lipinski definition) is 0. The van der Waals surface area contributed by atoms with Crippen LogP contribution < -0.4 is 4.80 Å². The van der Waals surface area contributed by atoms with Gasteiger partial charge in [0.15, 0.2) is 10.5 Å². The van der Waals surface area contributed by atoms with E-state index in [0.29, 0.717) is 11.4 Å². The number of nitrogens with zero attached hydrogens (tertiary/aromatic N) is 4. The Balaban J connectivity index is 2.14. The van der Waals surface area contributed by atoms with Crippen LogP contribution in [0.3, 0.4) is 0 Å². The number of ether oxygens (including phenoxy) is 1. The number of hydrogen-bond acceptors (Lipinski definition) is 5. The van der Waals surface area contributed by atoms with Gasteiger partial charge in [0, 0.05) is 13.2 Å². The normalized spacial score (nSPS) is 11.9. The highest BCUT2D eigenvalue weighted by Gasteiger charge is 2.14. The lowest BCUT2D eigenvalue weighted by molar-refractivity contribution is -0.143. The summed E-state index contributed by atoms with van der Waals surface area (Å²) >= 11 is 1.37. The van der Waals surface area contributed by atoms with Crippen LogP contribution in [-0.4, -0.2) is 32.8 Å². The Morgan fingerprint density at radius 1 is 1.27 bits per heavy atom. The first-order valence-corrected chi connectivity index (χ1v) is 9.05. The van der Waals surface area contributed by atoms with Crippen molar-refractivity contribution in [3.8, 4) is 0 Å². The summed E-state index contributed by atoms with van der Waals surface area (Å²) in [6.07, 6.45) is 1.69. The molecule has 2 aromatic heterocycles. The second-order valence-electron chi connectivity index (χ2n) is 5.97. The number of amides is 1. The minimum absolute atomic E-state index is 0.00464. The highest BCUT2D eigenvalue weighted by molar-refractivity contribution is 7.16. The van der Waals surface area contributed by atoms with E-state index in [-0.39, 0.29) is 18.2 Å². The topological polar surface area (TPSA) is 78.5 Å². The lowest BCUT2D eigenvalue weighted by Crippen LogP contribution is -2.23. The van der Waals surface area contributed by atoms with Gasteiger partial charge in [-0.3, -0.25) is 14.3 Å². The van der Waals surface area contributed by atoms with Crippen molar-refractivity contribution in [3.05, 3.63) is 46.0 Å². The summed E-state index contributed by atoms with van der Waals surface area (Å²) in [5.74, 6) is -0.805. The maximum absolute atomic E-state index is 12.4. The summed E-state index contributed by atoms with van der Waals surface area (Å²) < 4.78 is 9.31. The summed E-state index contributed by atoms with van der Waals surface area (Å²) in [5, 5.41) is 4.09. The number of fused-ring (bicyclic) bond motifs is 1. The van der Waals surface area contributed by atoms with E-state index in [0.717, 1.165) is 21.3 Å². The van der Waals surface area contributed by atoms with Crippen molar-refractivity contribution in [2.24, 2.45) is 12.0 Å². The maximum Gasteiger partial charge on any atom is 0.326 e. The molecule has 0 atom stereocenters. The van der Waals surface area contributed by atoms with Crippen LogP contribution in [0.15, 0.2) is 29.4 Å². The second-order valence-corrected chi connectivity index (χ2v) is 6.98. The first-order chi connectivity index (χ1) is 12.4.